The lowest BCUT2D eigenvalue weighted by molar-refractivity contribution is -0.384. The lowest BCUT2D eigenvalue weighted by Gasteiger charge is -2.17. The summed E-state index contributed by atoms with van der Waals surface area (Å²) in [6, 6.07) is 15.4. The van der Waals surface area contributed by atoms with E-state index in [1.807, 2.05) is 23.1 Å². The molecule has 1 aromatic heterocycles. The number of carbonyl (C=O) groups is 1. The Kier molecular flexibility index (Phi) is 6.13. The van der Waals surface area contributed by atoms with Gasteiger partial charge in [-0.25, -0.2) is 4.98 Å². The third-order valence-corrected chi connectivity index (χ3v) is 6.53. The average molecular weight is 491 g/mol. The number of hydrogen-bond donors (Lipinski definition) is 1. The predicted octanol–water partition coefficient (Wildman–Crippen LogP) is 6.47. The second-order valence-corrected chi connectivity index (χ2v) is 8.89. The van der Waals surface area contributed by atoms with Crippen LogP contribution in [0.1, 0.15) is 35.7 Å². The van der Waals surface area contributed by atoms with Crippen LogP contribution in [0.4, 0.5) is 17.1 Å². The first-order valence-electron chi connectivity index (χ1n) is 11.5. The smallest absolute Gasteiger partial charge is 0.293 e. The molecular formula is C26H23ClN4O4. The quantitative estimate of drug-likeness (QED) is 0.245. The molecule has 9 heteroatoms. The maximum absolute atomic E-state index is 12.9. The van der Waals surface area contributed by atoms with E-state index in [0.29, 0.717) is 33.4 Å². The molecule has 1 amide bonds. The molecule has 0 unspecified atom stereocenters. The number of aryl methyl sites for hydroxylation is 1. The minimum Gasteiger partial charge on any atom is -0.436 e. The van der Waals surface area contributed by atoms with Crippen molar-refractivity contribution in [2.24, 2.45) is 0 Å². The Morgan fingerprint density at radius 3 is 2.69 bits per heavy atom. The first kappa shape index (κ1) is 22.9. The molecule has 3 aromatic carbocycles. The number of benzene rings is 3. The van der Waals surface area contributed by atoms with Crippen LogP contribution in [0.25, 0.3) is 22.6 Å². The highest BCUT2D eigenvalue weighted by molar-refractivity contribution is 6.33. The number of nitro groups is 1. The summed E-state index contributed by atoms with van der Waals surface area (Å²) in [4.78, 5) is 30.7. The van der Waals surface area contributed by atoms with Gasteiger partial charge in [0.25, 0.3) is 11.6 Å². The fourth-order valence-corrected chi connectivity index (χ4v) is 4.51. The van der Waals surface area contributed by atoms with Crippen molar-refractivity contribution in [1.82, 2.24) is 4.98 Å². The van der Waals surface area contributed by atoms with Crippen LogP contribution in [0.2, 0.25) is 5.02 Å². The Hall–Kier alpha value is -3.91. The predicted molar refractivity (Wildman–Crippen MR) is 136 cm³/mol. The van der Waals surface area contributed by atoms with Gasteiger partial charge in [-0.05, 0) is 67.3 Å². The van der Waals surface area contributed by atoms with Crippen LogP contribution in [-0.4, -0.2) is 28.9 Å². The number of carbonyl (C=O) groups excluding carboxylic acids is 1. The largest absolute Gasteiger partial charge is 0.436 e. The number of halogens is 1. The van der Waals surface area contributed by atoms with E-state index in [4.69, 9.17) is 16.0 Å². The minimum absolute atomic E-state index is 0.0748. The molecule has 1 aliphatic rings. The van der Waals surface area contributed by atoms with Crippen LogP contribution >= 0.6 is 11.6 Å². The van der Waals surface area contributed by atoms with Crippen LogP contribution in [-0.2, 0) is 6.42 Å². The summed E-state index contributed by atoms with van der Waals surface area (Å²) in [7, 11) is 0. The second kappa shape index (κ2) is 9.38. The minimum atomic E-state index is -0.459. The lowest BCUT2D eigenvalue weighted by atomic mass is 10.1. The number of anilines is 2. The van der Waals surface area contributed by atoms with Gasteiger partial charge in [0.2, 0.25) is 5.89 Å². The van der Waals surface area contributed by atoms with Crippen LogP contribution in [0, 0.1) is 10.1 Å². The number of nitrogens with zero attached hydrogens (tertiary/aromatic N) is 3. The molecule has 0 aliphatic carbocycles. The van der Waals surface area contributed by atoms with Gasteiger partial charge in [-0.3, -0.25) is 14.9 Å². The van der Waals surface area contributed by atoms with Gasteiger partial charge in [0, 0.05) is 30.4 Å². The number of nitrogens with one attached hydrogen (secondary N) is 1. The highest BCUT2D eigenvalue weighted by atomic mass is 35.5. The van der Waals surface area contributed by atoms with Crippen molar-refractivity contribution in [3.05, 3.63) is 80.9 Å². The zero-order valence-electron chi connectivity index (χ0n) is 19.1. The summed E-state index contributed by atoms with van der Waals surface area (Å²) in [6.45, 7) is 3.62. The maximum Gasteiger partial charge on any atom is 0.293 e. The molecule has 0 bridgehead atoms. The Morgan fingerprint density at radius 1 is 1.14 bits per heavy atom. The summed E-state index contributed by atoms with van der Waals surface area (Å²) in [5, 5.41) is 14.9. The number of aromatic nitrogens is 1. The Labute approximate surface area is 206 Å². The van der Waals surface area contributed by atoms with Gasteiger partial charge in [0.05, 0.1) is 15.5 Å². The summed E-state index contributed by atoms with van der Waals surface area (Å²) in [6.07, 6.45) is 2.88. The first-order chi connectivity index (χ1) is 16.9. The van der Waals surface area contributed by atoms with Crippen molar-refractivity contribution in [3.63, 3.8) is 0 Å². The summed E-state index contributed by atoms with van der Waals surface area (Å²) >= 11 is 6.41. The number of nitro benzene ring substituents is 1. The number of fused-ring (bicyclic) bond motifs is 1. The molecule has 1 saturated heterocycles. The van der Waals surface area contributed by atoms with Crippen molar-refractivity contribution >= 4 is 45.7 Å². The average Bonchev–Trinajstić information content (AvgIpc) is 3.54. The van der Waals surface area contributed by atoms with Crippen LogP contribution < -0.4 is 10.2 Å². The molecule has 4 aromatic rings. The van der Waals surface area contributed by atoms with E-state index in [9.17, 15) is 14.9 Å². The topological polar surface area (TPSA) is 102 Å². The first-order valence-corrected chi connectivity index (χ1v) is 11.8. The highest BCUT2D eigenvalue weighted by Crippen LogP contribution is 2.34. The van der Waals surface area contributed by atoms with Gasteiger partial charge in [-0.15, -0.1) is 0 Å². The van der Waals surface area contributed by atoms with Gasteiger partial charge in [-0.2, -0.15) is 0 Å². The summed E-state index contributed by atoms with van der Waals surface area (Å²) < 4.78 is 5.90. The van der Waals surface area contributed by atoms with Crippen LogP contribution in [0.3, 0.4) is 0 Å². The third kappa shape index (κ3) is 4.57. The van der Waals surface area contributed by atoms with Crippen molar-refractivity contribution < 1.29 is 14.1 Å². The molecule has 1 aliphatic heterocycles. The molecule has 35 heavy (non-hydrogen) atoms. The van der Waals surface area contributed by atoms with E-state index in [2.05, 4.69) is 17.2 Å². The van der Waals surface area contributed by atoms with Gasteiger partial charge in [-0.1, -0.05) is 24.6 Å². The van der Waals surface area contributed by atoms with Crippen molar-refractivity contribution in [3.8, 4) is 11.5 Å². The molecule has 1 N–H and O–H groups in total. The third-order valence-electron chi connectivity index (χ3n) is 6.20. The molecule has 0 radical (unpaired) electrons. The van der Waals surface area contributed by atoms with Gasteiger partial charge < -0.3 is 14.6 Å². The maximum atomic E-state index is 12.9. The molecule has 5 rings (SSSR count). The van der Waals surface area contributed by atoms with E-state index in [0.717, 1.165) is 43.4 Å². The molecule has 1 fully saturated rings. The molecule has 2 heterocycles. The number of hydrogen-bond acceptors (Lipinski definition) is 6. The van der Waals surface area contributed by atoms with Gasteiger partial charge in [0.15, 0.2) is 5.58 Å². The van der Waals surface area contributed by atoms with E-state index in [1.54, 1.807) is 30.3 Å². The fourth-order valence-electron chi connectivity index (χ4n) is 4.31. The second-order valence-electron chi connectivity index (χ2n) is 8.48. The molecule has 0 spiro atoms. The Balaban J connectivity index is 1.42. The summed E-state index contributed by atoms with van der Waals surface area (Å²) in [5.74, 6) is -0.112. The summed E-state index contributed by atoms with van der Waals surface area (Å²) in [5.41, 5.74) is 4.20. The number of amides is 1. The van der Waals surface area contributed by atoms with E-state index < -0.39 is 10.8 Å². The normalized spacial score (nSPS) is 13.4. The fraction of sp³-hybridized carbons (Fsp3) is 0.231. The van der Waals surface area contributed by atoms with Crippen LogP contribution in [0.15, 0.2) is 59.0 Å². The van der Waals surface area contributed by atoms with Gasteiger partial charge >= 0.3 is 0 Å². The zero-order valence-corrected chi connectivity index (χ0v) is 19.8. The molecule has 0 atom stereocenters. The van der Waals surface area contributed by atoms with Crippen molar-refractivity contribution in [2.45, 2.75) is 26.2 Å². The Morgan fingerprint density at radius 2 is 1.94 bits per heavy atom. The van der Waals surface area contributed by atoms with E-state index >= 15 is 0 Å². The standard InChI is InChI=1S/C26H23ClN4O4/c1-2-16-5-10-24-21(13-16)29-26(35-24)19-15-18(7-8-20(19)27)28-25(32)17-6-9-22(23(14-17)31(33)34)30-11-3-4-12-30/h5-10,13-15H,2-4,11-12H2,1H3,(H,28,32). The zero-order chi connectivity index (χ0) is 24.5. The van der Waals surface area contributed by atoms with Gasteiger partial charge in [0.1, 0.15) is 11.2 Å². The lowest BCUT2D eigenvalue weighted by Crippen LogP contribution is -2.19. The number of oxazole rings is 1. The molecular weight excluding hydrogens is 468 g/mol. The van der Waals surface area contributed by atoms with Crippen LogP contribution in [0.5, 0.6) is 0 Å². The monoisotopic (exact) mass is 490 g/mol. The highest BCUT2D eigenvalue weighted by Gasteiger charge is 2.24. The molecule has 0 saturated carbocycles. The molecule has 178 valence electrons. The number of rotatable bonds is 6. The SMILES string of the molecule is CCc1ccc2oc(-c3cc(NC(=O)c4ccc(N5CCCC5)c([N+](=O)[O-])c4)ccc3Cl)nc2c1. The Bertz CT molecular complexity index is 1440. The van der Waals surface area contributed by atoms with Crippen molar-refractivity contribution in [1.29, 1.82) is 0 Å². The van der Waals surface area contributed by atoms with E-state index in [-0.39, 0.29) is 11.3 Å². The van der Waals surface area contributed by atoms with Crippen molar-refractivity contribution in [2.75, 3.05) is 23.3 Å². The molecule has 8 nitrogen and oxygen atoms in total. The van der Waals surface area contributed by atoms with E-state index in [1.165, 1.54) is 6.07 Å².